The number of rotatable bonds is 3. The van der Waals surface area contributed by atoms with Crippen molar-refractivity contribution in [1.29, 1.82) is 0 Å². The fourth-order valence-corrected chi connectivity index (χ4v) is 2.96. The molecule has 0 saturated carbocycles. The zero-order chi connectivity index (χ0) is 13.8. The number of piperidine rings is 1. The van der Waals surface area contributed by atoms with Crippen LogP contribution in [0.5, 0.6) is 0 Å². The number of carbonyl (C=O) groups is 1. The standard InChI is InChI=1S/C13H26N2O2S/c1-11-7-5-6-9-15(11)12(16)14-8-10-18(17)13(2,3)4/h11H,5-10H2,1-4H3,(H,14,16)/t11-,18-/m0/s1. The third-order valence-electron chi connectivity index (χ3n) is 3.31. The molecule has 0 bridgehead atoms. The summed E-state index contributed by atoms with van der Waals surface area (Å²) in [6.07, 6.45) is 3.38. The maximum atomic E-state index is 12.0. The van der Waals surface area contributed by atoms with Gasteiger partial charge in [-0.05, 0) is 47.0 Å². The van der Waals surface area contributed by atoms with Crippen molar-refractivity contribution in [2.75, 3.05) is 18.8 Å². The molecule has 2 amide bonds. The van der Waals surface area contributed by atoms with Crippen LogP contribution >= 0.6 is 0 Å². The molecule has 0 aliphatic carbocycles. The molecular weight excluding hydrogens is 248 g/mol. The van der Waals surface area contributed by atoms with Crippen LogP contribution in [0.4, 0.5) is 4.79 Å². The number of nitrogens with zero attached hydrogens (tertiary/aromatic N) is 1. The van der Waals surface area contributed by atoms with Gasteiger partial charge in [0.2, 0.25) is 0 Å². The van der Waals surface area contributed by atoms with Crippen molar-refractivity contribution in [2.24, 2.45) is 0 Å². The highest BCUT2D eigenvalue weighted by molar-refractivity contribution is 7.86. The van der Waals surface area contributed by atoms with Crippen molar-refractivity contribution >= 4 is 16.8 Å². The summed E-state index contributed by atoms with van der Waals surface area (Å²) in [5.74, 6) is 0.525. The van der Waals surface area contributed by atoms with E-state index < -0.39 is 10.8 Å². The smallest absolute Gasteiger partial charge is 0.317 e. The Morgan fingerprint density at radius 1 is 1.39 bits per heavy atom. The van der Waals surface area contributed by atoms with Gasteiger partial charge in [0.15, 0.2) is 0 Å². The van der Waals surface area contributed by atoms with E-state index in [-0.39, 0.29) is 10.8 Å². The molecule has 2 atom stereocenters. The Hall–Kier alpha value is -0.580. The average Bonchev–Trinajstić information content (AvgIpc) is 2.28. The highest BCUT2D eigenvalue weighted by Gasteiger charge is 2.23. The topological polar surface area (TPSA) is 49.4 Å². The number of carbonyl (C=O) groups excluding carboxylic acids is 1. The summed E-state index contributed by atoms with van der Waals surface area (Å²) in [5.41, 5.74) is 0. The van der Waals surface area contributed by atoms with Gasteiger partial charge >= 0.3 is 6.03 Å². The van der Waals surface area contributed by atoms with Crippen molar-refractivity contribution in [3.8, 4) is 0 Å². The molecule has 0 aromatic carbocycles. The van der Waals surface area contributed by atoms with Crippen LogP contribution in [-0.4, -0.2) is 44.8 Å². The Balaban J connectivity index is 2.31. The van der Waals surface area contributed by atoms with E-state index in [2.05, 4.69) is 12.2 Å². The lowest BCUT2D eigenvalue weighted by atomic mass is 10.0. The van der Waals surface area contributed by atoms with Crippen LogP contribution in [0, 0.1) is 0 Å². The van der Waals surface area contributed by atoms with Crippen molar-refractivity contribution in [3.05, 3.63) is 0 Å². The van der Waals surface area contributed by atoms with Gasteiger partial charge in [0.05, 0.1) is 0 Å². The molecule has 1 saturated heterocycles. The lowest BCUT2D eigenvalue weighted by Gasteiger charge is -2.33. The van der Waals surface area contributed by atoms with Gasteiger partial charge in [-0.25, -0.2) is 4.79 Å². The second-order valence-corrected chi connectivity index (χ2v) is 8.26. The van der Waals surface area contributed by atoms with Crippen LogP contribution in [0.15, 0.2) is 0 Å². The highest BCUT2D eigenvalue weighted by atomic mass is 32.2. The molecule has 0 aromatic heterocycles. The largest absolute Gasteiger partial charge is 0.337 e. The van der Waals surface area contributed by atoms with E-state index in [0.717, 1.165) is 19.4 Å². The molecule has 5 heteroatoms. The Bertz CT molecular complexity index is 313. The summed E-state index contributed by atoms with van der Waals surface area (Å²) >= 11 is 0. The van der Waals surface area contributed by atoms with Gasteiger partial charge in [-0.2, -0.15) is 0 Å². The fourth-order valence-electron chi connectivity index (χ4n) is 2.06. The molecule has 0 radical (unpaired) electrons. The SMILES string of the molecule is C[C@H]1CCCCN1C(=O)NCC[S@](=O)C(C)(C)C. The predicted octanol–water partition coefficient (Wildman–Crippen LogP) is 2.12. The molecule has 0 spiro atoms. The summed E-state index contributed by atoms with van der Waals surface area (Å²) in [5, 5.41) is 2.88. The van der Waals surface area contributed by atoms with Crippen LogP contribution in [-0.2, 0) is 10.8 Å². The van der Waals surface area contributed by atoms with E-state index in [4.69, 9.17) is 0 Å². The van der Waals surface area contributed by atoms with E-state index in [1.165, 1.54) is 6.42 Å². The van der Waals surface area contributed by atoms with Crippen molar-refractivity contribution in [2.45, 2.75) is 57.7 Å². The van der Waals surface area contributed by atoms with Crippen LogP contribution in [0.2, 0.25) is 0 Å². The van der Waals surface area contributed by atoms with Crippen molar-refractivity contribution in [3.63, 3.8) is 0 Å². The number of nitrogens with one attached hydrogen (secondary N) is 1. The molecule has 0 aromatic rings. The first-order valence-electron chi connectivity index (χ1n) is 6.75. The van der Waals surface area contributed by atoms with Gasteiger partial charge in [0, 0.05) is 40.4 Å². The molecule has 1 fully saturated rings. The molecule has 1 aliphatic heterocycles. The first kappa shape index (κ1) is 15.5. The second-order valence-electron chi connectivity index (χ2n) is 5.93. The predicted molar refractivity (Wildman–Crippen MR) is 76.2 cm³/mol. The Morgan fingerprint density at radius 3 is 2.61 bits per heavy atom. The number of hydrogen-bond acceptors (Lipinski definition) is 2. The lowest BCUT2D eigenvalue weighted by molar-refractivity contribution is 0.159. The zero-order valence-corrected chi connectivity index (χ0v) is 12.8. The summed E-state index contributed by atoms with van der Waals surface area (Å²) in [6, 6.07) is 0.319. The van der Waals surface area contributed by atoms with Gasteiger partial charge < -0.3 is 10.2 Å². The van der Waals surface area contributed by atoms with Gasteiger partial charge in [0.1, 0.15) is 0 Å². The first-order chi connectivity index (χ1) is 8.32. The average molecular weight is 274 g/mol. The van der Waals surface area contributed by atoms with Crippen molar-refractivity contribution < 1.29 is 9.00 Å². The summed E-state index contributed by atoms with van der Waals surface area (Å²) in [6.45, 7) is 9.29. The van der Waals surface area contributed by atoms with Crippen LogP contribution in [0.3, 0.4) is 0 Å². The Kier molecular flexibility index (Phi) is 5.63. The van der Waals surface area contributed by atoms with Gasteiger partial charge in [-0.3, -0.25) is 4.21 Å². The molecule has 1 heterocycles. The monoisotopic (exact) mass is 274 g/mol. The molecule has 106 valence electrons. The molecule has 1 rings (SSSR count). The normalized spacial score (nSPS) is 22.7. The van der Waals surface area contributed by atoms with Crippen LogP contribution < -0.4 is 5.32 Å². The molecule has 4 nitrogen and oxygen atoms in total. The third kappa shape index (κ3) is 4.59. The number of amides is 2. The van der Waals surface area contributed by atoms with E-state index in [0.29, 0.717) is 18.3 Å². The van der Waals surface area contributed by atoms with E-state index in [9.17, 15) is 9.00 Å². The Labute approximate surface area is 113 Å². The van der Waals surface area contributed by atoms with E-state index in [1.54, 1.807) is 0 Å². The third-order valence-corrected chi connectivity index (χ3v) is 5.25. The molecule has 18 heavy (non-hydrogen) atoms. The molecule has 1 aliphatic rings. The van der Waals surface area contributed by atoms with Gasteiger partial charge in [-0.15, -0.1) is 0 Å². The number of hydrogen-bond donors (Lipinski definition) is 1. The minimum absolute atomic E-state index is 0.00638. The minimum Gasteiger partial charge on any atom is -0.337 e. The summed E-state index contributed by atoms with van der Waals surface area (Å²) in [4.78, 5) is 13.8. The summed E-state index contributed by atoms with van der Waals surface area (Å²) < 4.78 is 11.6. The minimum atomic E-state index is -0.901. The van der Waals surface area contributed by atoms with Crippen molar-refractivity contribution in [1.82, 2.24) is 10.2 Å². The van der Waals surface area contributed by atoms with Gasteiger partial charge in [0.25, 0.3) is 0 Å². The summed E-state index contributed by atoms with van der Waals surface area (Å²) in [7, 11) is -0.901. The van der Waals surface area contributed by atoms with Crippen LogP contribution in [0.25, 0.3) is 0 Å². The van der Waals surface area contributed by atoms with E-state index in [1.807, 2.05) is 25.7 Å². The Morgan fingerprint density at radius 2 is 2.06 bits per heavy atom. The maximum absolute atomic E-state index is 12.0. The number of likely N-dealkylation sites (tertiary alicyclic amines) is 1. The quantitative estimate of drug-likeness (QED) is 0.857. The molecular formula is C13H26N2O2S. The van der Waals surface area contributed by atoms with E-state index >= 15 is 0 Å². The lowest BCUT2D eigenvalue weighted by Crippen LogP contribution is -2.48. The number of urea groups is 1. The van der Waals surface area contributed by atoms with Gasteiger partial charge in [-0.1, -0.05) is 0 Å². The molecule has 0 unspecified atom stereocenters. The highest BCUT2D eigenvalue weighted by Crippen LogP contribution is 2.16. The van der Waals surface area contributed by atoms with Crippen LogP contribution in [0.1, 0.15) is 47.0 Å². The second kappa shape index (κ2) is 6.55. The zero-order valence-electron chi connectivity index (χ0n) is 12.0. The first-order valence-corrected chi connectivity index (χ1v) is 8.07. The maximum Gasteiger partial charge on any atom is 0.317 e. The fraction of sp³-hybridized carbons (Fsp3) is 0.923. The molecule has 1 N–H and O–H groups in total.